The fraction of sp³-hybridized carbons (Fsp3) is 1.00. The Morgan fingerprint density at radius 3 is 1.85 bits per heavy atom. The molecule has 0 spiro atoms. The highest BCUT2D eigenvalue weighted by molar-refractivity contribution is 6.80. The molecule has 6 nitrogen and oxygen atoms in total. The highest BCUT2D eigenvalue weighted by Crippen LogP contribution is 2.19. The number of rotatable bonds is 11. The van der Waals surface area contributed by atoms with Gasteiger partial charge in [0.2, 0.25) is 0 Å². The van der Waals surface area contributed by atoms with E-state index in [0.717, 1.165) is 0 Å². The first-order chi connectivity index (χ1) is 9.10. The zero-order valence-corrected chi connectivity index (χ0v) is 18.3. The third-order valence-electron chi connectivity index (χ3n) is 2.11. The molecule has 0 aliphatic heterocycles. The van der Waals surface area contributed by atoms with Gasteiger partial charge in [-0.2, -0.15) is 0 Å². The van der Waals surface area contributed by atoms with Crippen LogP contribution in [0.1, 0.15) is 0 Å². The van der Waals surface area contributed by atoms with E-state index in [1.165, 1.54) is 0 Å². The van der Waals surface area contributed by atoms with Crippen molar-refractivity contribution >= 4 is 35.4 Å². The van der Waals surface area contributed by atoms with Gasteiger partial charge in [-0.3, -0.25) is 0 Å². The molecule has 10 heteroatoms. The highest BCUT2D eigenvalue weighted by Gasteiger charge is 2.43. The minimum Gasteiger partial charge on any atom is -0.439 e. The first kappa shape index (κ1) is 20.6. The maximum atomic E-state index is 6.12. The van der Waals surface area contributed by atoms with Gasteiger partial charge in [0.15, 0.2) is 18.1 Å². The van der Waals surface area contributed by atoms with Crippen molar-refractivity contribution in [1.29, 1.82) is 0 Å². The number of ether oxygens (including phenoxy) is 1. The molecule has 0 aliphatic rings. The maximum Gasteiger partial charge on any atom is 0.492 e. The molecular formula is C10H30O6Si4. The van der Waals surface area contributed by atoms with Crippen molar-refractivity contribution < 1.29 is 26.2 Å². The van der Waals surface area contributed by atoms with Gasteiger partial charge in [-0.05, 0) is 39.3 Å². The third kappa shape index (κ3) is 10.4. The smallest absolute Gasteiger partial charge is 0.439 e. The van der Waals surface area contributed by atoms with Crippen LogP contribution < -0.4 is 0 Å². The SMILES string of the molecule is COCO[Si@](C)(OCO[SiH](C)C)O[Si](C)(C)O[SiH](C)C. The molecule has 0 saturated carbocycles. The standard InChI is InChI=1S/C10H30O6Si4/c1-11-9-13-20(8,14-10-12-17(2)3)16-19(6,7)15-18(4)5/h17-18H,9-10H2,1-8H3/t20-/m1/s1. The van der Waals surface area contributed by atoms with Gasteiger partial charge in [0.1, 0.15) is 13.6 Å². The molecule has 20 heavy (non-hydrogen) atoms. The van der Waals surface area contributed by atoms with E-state index in [1.54, 1.807) is 7.11 Å². The van der Waals surface area contributed by atoms with Gasteiger partial charge in [-0.15, -0.1) is 0 Å². The van der Waals surface area contributed by atoms with Gasteiger partial charge in [-0.1, -0.05) is 0 Å². The van der Waals surface area contributed by atoms with Gasteiger partial charge in [-0.25, -0.2) is 0 Å². The van der Waals surface area contributed by atoms with Crippen molar-refractivity contribution in [3.63, 3.8) is 0 Å². The minimum atomic E-state index is -2.81. The quantitative estimate of drug-likeness (QED) is 0.415. The summed E-state index contributed by atoms with van der Waals surface area (Å²) in [6, 6.07) is 0. The van der Waals surface area contributed by atoms with Gasteiger partial charge >= 0.3 is 17.4 Å². The molecule has 1 atom stereocenters. The lowest BCUT2D eigenvalue weighted by molar-refractivity contribution is -0.0272. The first-order valence-electron chi connectivity index (χ1n) is 6.86. The van der Waals surface area contributed by atoms with E-state index in [4.69, 9.17) is 26.2 Å². The van der Waals surface area contributed by atoms with E-state index in [0.29, 0.717) is 0 Å². The molecule has 0 amide bonds. The Balaban J connectivity index is 4.58. The Hall–Kier alpha value is 0.628. The summed E-state index contributed by atoms with van der Waals surface area (Å²) in [7, 11) is -5.77. The van der Waals surface area contributed by atoms with E-state index in [-0.39, 0.29) is 13.6 Å². The zero-order valence-electron chi connectivity index (χ0n) is 14.0. The van der Waals surface area contributed by atoms with E-state index in [2.05, 4.69) is 26.2 Å². The summed E-state index contributed by atoms with van der Waals surface area (Å²) < 4.78 is 34.0. The van der Waals surface area contributed by atoms with Crippen LogP contribution in [0.15, 0.2) is 0 Å². The molecule has 0 unspecified atom stereocenters. The summed E-state index contributed by atoms with van der Waals surface area (Å²) in [5.74, 6) is 0. The second kappa shape index (κ2) is 9.61. The van der Waals surface area contributed by atoms with Crippen LogP contribution in [0.2, 0.25) is 45.8 Å². The zero-order chi connectivity index (χ0) is 15.8. The molecule has 0 rings (SSSR count). The molecule has 0 heterocycles. The summed E-state index contributed by atoms with van der Waals surface area (Å²) in [5.41, 5.74) is 0. The van der Waals surface area contributed by atoms with Crippen molar-refractivity contribution in [2.45, 2.75) is 45.8 Å². The molecule has 0 bridgehead atoms. The van der Waals surface area contributed by atoms with Crippen molar-refractivity contribution in [2.24, 2.45) is 0 Å². The van der Waals surface area contributed by atoms with Gasteiger partial charge in [0, 0.05) is 13.7 Å². The van der Waals surface area contributed by atoms with Crippen LogP contribution in [0.4, 0.5) is 0 Å². The monoisotopic (exact) mass is 358 g/mol. The van der Waals surface area contributed by atoms with E-state index in [1.807, 2.05) is 19.6 Å². The summed E-state index contributed by atoms with van der Waals surface area (Å²) >= 11 is 0. The fourth-order valence-corrected chi connectivity index (χ4v) is 12.0. The fourth-order valence-electron chi connectivity index (χ4n) is 1.58. The normalized spacial score (nSPS) is 15.9. The van der Waals surface area contributed by atoms with Crippen molar-refractivity contribution in [3.05, 3.63) is 0 Å². The molecule has 0 aromatic heterocycles. The lowest BCUT2D eigenvalue weighted by Crippen LogP contribution is -2.54. The lowest BCUT2D eigenvalue weighted by Gasteiger charge is -2.34. The molecular weight excluding hydrogens is 328 g/mol. The summed E-state index contributed by atoms with van der Waals surface area (Å²) in [6.45, 7) is 14.7. The predicted molar refractivity (Wildman–Crippen MR) is 89.0 cm³/mol. The number of methoxy groups -OCH3 is 1. The van der Waals surface area contributed by atoms with Crippen LogP contribution in [-0.2, 0) is 26.2 Å². The van der Waals surface area contributed by atoms with E-state index >= 15 is 0 Å². The van der Waals surface area contributed by atoms with Crippen LogP contribution in [0, 0.1) is 0 Å². The average molecular weight is 359 g/mol. The summed E-state index contributed by atoms with van der Waals surface area (Å²) in [6.07, 6.45) is 0. The Bertz CT molecular complexity index is 266. The Kier molecular flexibility index (Phi) is 9.91. The van der Waals surface area contributed by atoms with Crippen LogP contribution in [0.5, 0.6) is 0 Å². The Morgan fingerprint density at radius 2 is 1.40 bits per heavy atom. The van der Waals surface area contributed by atoms with E-state index in [9.17, 15) is 0 Å². The molecule has 0 N–H and O–H groups in total. The predicted octanol–water partition coefficient (Wildman–Crippen LogP) is 1.87. The third-order valence-corrected chi connectivity index (χ3v) is 11.8. The molecule has 0 saturated heterocycles. The van der Waals surface area contributed by atoms with Crippen LogP contribution in [0.3, 0.4) is 0 Å². The number of hydrogen-bond acceptors (Lipinski definition) is 6. The van der Waals surface area contributed by atoms with Crippen LogP contribution in [0.25, 0.3) is 0 Å². The summed E-state index contributed by atoms with van der Waals surface area (Å²) in [4.78, 5) is 0. The molecule has 0 fully saturated rings. The topological polar surface area (TPSA) is 55.4 Å². The van der Waals surface area contributed by atoms with Gasteiger partial charge in [0.25, 0.3) is 0 Å². The maximum absolute atomic E-state index is 6.12. The van der Waals surface area contributed by atoms with Crippen molar-refractivity contribution in [3.8, 4) is 0 Å². The molecule has 0 aliphatic carbocycles. The van der Waals surface area contributed by atoms with Gasteiger partial charge < -0.3 is 26.2 Å². The lowest BCUT2D eigenvalue weighted by atomic mass is 11.4. The Labute approximate surface area is 128 Å². The second-order valence-electron chi connectivity index (χ2n) is 5.56. The molecule has 0 aromatic carbocycles. The van der Waals surface area contributed by atoms with Gasteiger partial charge in [0.05, 0.1) is 0 Å². The largest absolute Gasteiger partial charge is 0.492 e. The second-order valence-corrected chi connectivity index (χ2v) is 16.9. The molecule has 0 radical (unpaired) electrons. The van der Waals surface area contributed by atoms with Crippen LogP contribution >= 0.6 is 0 Å². The van der Waals surface area contributed by atoms with Crippen molar-refractivity contribution in [2.75, 3.05) is 20.7 Å². The first-order valence-corrected chi connectivity index (χ1v) is 17.5. The molecule has 0 aromatic rings. The molecule has 122 valence electrons. The number of hydrogen-bond donors (Lipinski definition) is 0. The average Bonchev–Trinajstić information content (AvgIpc) is 2.23. The van der Waals surface area contributed by atoms with E-state index < -0.39 is 35.4 Å². The van der Waals surface area contributed by atoms with Crippen LogP contribution in [-0.4, -0.2) is 56.1 Å². The van der Waals surface area contributed by atoms with Crippen molar-refractivity contribution in [1.82, 2.24) is 0 Å². The highest BCUT2D eigenvalue weighted by atomic mass is 28.5. The summed E-state index contributed by atoms with van der Waals surface area (Å²) in [5, 5.41) is 0. The Morgan fingerprint density at radius 1 is 0.850 bits per heavy atom. The minimum absolute atomic E-state index is 0.144.